The van der Waals surface area contributed by atoms with Gasteiger partial charge in [-0.15, -0.1) is 0 Å². The molecule has 7 nitrogen and oxygen atoms in total. The maximum atomic E-state index is 14.4. The molecule has 0 saturated heterocycles. The van der Waals surface area contributed by atoms with Crippen molar-refractivity contribution in [2.75, 3.05) is 17.1 Å². The lowest BCUT2D eigenvalue weighted by molar-refractivity contribution is -0.139. The van der Waals surface area contributed by atoms with Gasteiger partial charge in [0.15, 0.2) is 0 Å². The number of nitrogens with zero attached hydrogens (tertiary/aromatic N) is 2. The summed E-state index contributed by atoms with van der Waals surface area (Å²) in [5.74, 6) is -1.68. The molecule has 0 aliphatic heterocycles. The summed E-state index contributed by atoms with van der Waals surface area (Å²) in [7, 11) is -3.95. The fraction of sp³-hybridized carbons (Fsp3) is 0.391. The Morgan fingerprint density at radius 1 is 1.12 bits per heavy atom. The van der Waals surface area contributed by atoms with E-state index in [2.05, 4.69) is 5.32 Å². The number of hydrogen-bond donors (Lipinski definition) is 1. The Labute approximate surface area is 209 Å². The molecule has 0 bridgehead atoms. The highest BCUT2D eigenvalue weighted by Gasteiger charge is 2.31. The second-order valence-corrected chi connectivity index (χ2v) is 10.7. The van der Waals surface area contributed by atoms with Crippen LogP contribution in [0.25, 0.3) is 0 Å². The number of hydrogen-bond acceptors (Lipinski definition) is 4. The average molecular weight is 532 g/mol. The van der Waals surface area contributed by atoms with Crippen LogP contribution in [0, 0.1) is 5.82 Å². The van der Waals surface area contributed by atoms with Crippen LogP contribution in [0.1, 0.15) is 32.8 Å². The minimum atomic E-state index is -3.95. The van der Waals surface area contributed by atoms with Crippen molar-refractivity contribution in [3.05, 3.63) is 63.9 Å². The molecule has 0 heterocycles. The van der Waals surface area contributed by atoms with Gasteiger partial charge in [-0.2, -0.15) is 0 Å². The van der Waals surface area contributed by atoms with Gasteiger partial charge in [0.25, 0.3) is 0 Å². The van der Waals surface area contributed by atoms with Crippen molar-refractivity contribution in [2.24, 2.45) is 0 Å². The molecule has 34 heavy (non-hydrogen) atoms. The molecule has 0 unspecified atom stereocenters. The largest absolute Gasteiger partial charge is 0.352 e. The lowest BCUT2D eigenvalue weighted by atomic mass is 10.1. The van der Waals surface area contributed by atoms with Crippen molar-refractivity contribution in [3.63, 3.8) is 0 Å². The molecule has 2 atom stereocenters. The van der Waals surface area contributed by atoms with Gasteiger partial charge in [-0.25, -0.2) is 12.8 Å². The van der Waals surface area contributed by atoms with Crippen LogP contribution in [0.4, 0.5) is 10.1 Å². The molecule has 0 aliphatic carbocycles. The first-order chi connectivity index (χ1) is 15.8. The summed E-state index contributed by atoms with van der Waals surface area (Å²) in [4.78, 5) is 27.4. The van der Waals surface area contributed by atoms with E-state index in [1.165, 1.54) is 43.3 Å². The van der Waals surface area contributed by atoms with Crippen LogP contribution in [0.15, 0.2) is 42.5 Å². The average Bonchev–Trinajstić information content (AvgIpc) is 2.76. The molecule has 2 aromatic rings. The van der Waals surface area contributed by atoms with E-state index in [1.54, 1.807) is 6.07 Å². The van der Waals surface area contributed by atoms with Crippen LogP contribution in [-0.2, 0) is 26.2 Å². The second kappa shape index (κ2) is 11.9. The fourth-order valence-electron chi connectivity index (χ4n) is 3.14. The molecule has 2 amide bonds. The lowest BCUT2D eigenvalue weighted by Gasteiger charge is -2.32. The highest BCUT2D eigenvalue weighted by molar-refractivity contribution is 7.92. The van der Waals surface area contributed by atoms with E-state index in [0.29, 0.717) is 11.4 Å². The molecule has 0 radical (unpaired) electrons. The Morgan fingerprint density at radius 2 is 1.76 bits per heavy atom. The van der Waals surface area contributed by atoms with Gasteiger partial charge < -0.3 is 10.2 Å². The summed E-state index contributed by atoms with van der Waals surface area (Å²) in [6.07, 6.45) is 1.61. The van der Waals surface area contributed by atoms with E-state index in [-0.39, 0.29) is 28.9 Å². The number of sulfonamides is 1. The maximum Gasteiger partial charge on any atom is 0.244 e. The van der Waals surface area contributed by atoms with Gasteiger partial charge in [0, 0.05) is 23.2 Å². The topological polar surface area (TPSA) is 86.8 Å². The van der Waals surface area contributed by atoms with Gasteiger partial charge in [0.2, 0.25) is 21.8 Å². The van der Waals surface area contributed by atoms with Gasteiger partial charge in [-0.05, 0) is 44.5 Å². The van der Waals surface area contributed by atoms with Crippen LogP contribution in [0.3, 0.4) is 0 Å². The molecular weight excluding hydrogens is 504 g/mol. The zero-order chi connectivity index (χ0) is 25.6. The van der Waals surface area contributed by atoms with Gasteiger partial charge in [-0.1, -0.05) is 48.3 Å². The van der Waals surface area contributed by atoms with Gasteiger partial charge in [0.05, 0.1) is 17.0 Å². The van der Waals surface area contributed by atoms with Crippen LogP contribution < -0.4 is 9.62 Å². The van der Waals surface area contributed by atoms with Gasteiger partial charge in [0.1, 0.15) is 18.4 Å². The number of amides is 2. The summed E-state index contributed by atoms with van der Waals surface area (Å²) in [6.45, 7) is 4.36. The highest BCUT2D eigenvalue weighted by atomic mass is 35.5. The van der Waals surface area contributed by atoms with Crippen molar-refractivity contribution in [1.29, 1.82) is 0 Å². The Hall–Kier alpha value is -2.36. The molecular formula is C23H28Cl2FN3O4S. The smallest absolute Gasteiger partial charge is 0.244 e. The SMILES string of the molecule is CC[C@@H](C)NC(=O)[C@H](C)N(Cc1ccccc1F)C(=O)CN(c1ccc(Cl)cc1Cl)S(C)(=O)=O. The summed E-state index contributed by atoms with van der Waals surface area (Å²) in [6, 6.07) is 8.94. The van der Waals surface area contributed by atoms with Gasteiger partial charge in [-0.3, -0.25) is 13.9 Å². The van der Waals surface area contributed by atoms with Crippen molar-refractivity contribution >= 4 is 50.7 Å². The third-order valence-corrected chi connectivity index (χ3v) is 6.99. The number of halogens is 3. The molecule has 1 N–H and O–H groups in total. The minimum Gasteiger partial charge on any atom is -0.352 e. The van der Waals surface area contributed by atoms with Crippen molar-refractivity contribution in [2.45, 2.75) is 45.8 Å². The fourth-order valence-corrected chi connectivity index (χ4v) is 4.56. The summed E-state index contributed by atoms with van der Waals surface area (Å²) >= 11 is 12.1. The third kappa shape index (κ3) is 7.32. The quantitative estimate of drug-likeness (QED) is 0.496. The molecule has 0 aliphatic rings. The minimum absolute atomic E-state index is 0.0361. The Balaban J connectivity index is 2.43. The molecule has 0 spiro atoms. The lowest BCUT2D eigenvalue weighted by Crippen LogP contribution is -2.52. The van der Waals surface area contributed by atoms with Crippen LogP contribution >= 0.6 is 23.2 Å². The van der Waals surface area contributed by atoms with E-state index in [0.717, 1.165) is 15.5 Å². The van der Waals surface area contributed by atoms with E-state index in [4.69, 9.17) is 23.2 Å². The molecule has 11 heteroatoms. The number of anilines is 1. The summed E-state index contributed by atoms with van der Waals surface area (Å²) in [5, 5.41) is 3.13. The highest BCUT2D eigenvalue weighted by Crippen LogP contribution is 2.30. The predicted octanol–water partition coefficient (Wildman–Crippen LogP) is 4.23. The summed E-state index contributed by atoms with van der Waals surface area (Å²) in [5.41, 5.74) is 0.249. The first kappa shape index (κ1) is 27.9. The van der Waals surface area contributed by atoms with E-state index in [9.17, 15) is 22.4 Å². The van der Waals surface area contributed by atoms with Crippen LogP contribution in [-0.4, -0.2) is 50.0 Å². The van der Waals surface area contributed by atoms with Crippen molar-refractivity contribution in [3.8, 4) is 0 Å². The number of carbonyl (C=O) groups is 2. The Morgan fingerprint density at radius 3 is 2.32 bits per heavy atom. The zero-order valence-corrected chi connectivity index (χ0v) is 21.7. The Kier molecular flexibility index (Phi) is 9.73. The van der Waals surface area contributed by atoms with Crippen molar-refractivity contribution < 1.29 is 22.4 Å². The zero-order valence-electron chi connectivity index (χ0n) is 19.4. The first-order valence-electron chi connectivity index (χ1n) is 10.6. The number of rotatable bonds is 10. The Bertz CT molecular complexity index is 1150. The van der Waals surface area contributed by atoms with E-state index < -0.39 is 40.2 Å². The molecule has 2 rings (SSSR count). The van der Waals surface area contributed by atoms with E-state index in [1.807, 2.05) is 13.8 Å². The number of benzene rings is 2. The maximum absolute atomic E-state index is 14.4. The van der Waals surface area contributed by atoms with Crippen LogP contribution in [0.2, 0.25) is 10.0 Å². The molecule has 0 saturated carbocycles. The summed E-state index contributed by atoms with van der Waals surface area (Å²) < 4.78 is 40.3. The number of carbonyl (C=O) groups excluding carboxylic acids is 2. The molecule has 2 aromatic carbocycles. The monoisotopic (exact) mass is 531 g/mol. The van der Waals surface area contributed by atoms with Gasteiger partial charge >= 0.3 is 0 Å². The second-order valence-electron chi connectivity index (χ2n) is 7.97. The predicted molar refractivity (Wildman–Crippen MR) is 133 cm³/mol. The number of nitrogens with one attached hydrogen (secondary N) is 1. The molecule has 0 fully saturated rings. The van der Waals surface area contributed by atoms with Crippen molar-refractivity contribution in [1.82, 2.24) is 10.2 Å². The van der Waals surface area contributed by atoms with Crippen LogP contribution in [0.5, 0.6) is 0 Å². The molecule has 186 valence electrons. The third-order valence-electron chi connectivity index (χ3n) is 5.32. The first-order valence-corrected chi connectivity index (χ1v) is 13.2. The van der Waals surface area contributed by atoms with E-state index >= 15 is 0 Å². The standard InChI is InChI=1S/C23H28Cl2FN3O4S/c1-5-15(2)27-23(31)16(3)28(13-17-8-6-7-9-20(17)26)22(30)14-29(34(4,32)33)21-11-10-18(24)12-19(21)25/h6-12,15-16H,5,13-14H2,1-4H3,(H,27,31)/t15-,16+/m1/s1. The normalized spacial score (nSPS) is 13.1. The molecule has 0 aromatic heterocycles.